The van der Waals surface area contributed by atoms with E-state index in [1.807, 2.05) is 72.8 Å². The molecule has 0 aliphatic carbocycles. The Labute approximate surface area is 239 Å². The molecule has 3 rings (SSSR count). The van der Waals surface area contributed by atoms with E-state index in [1.54, 1.807) is 19.1 Å². The van der Waals surface area contributed by atoms with Crippen LogP contribution in [0.4, 0.5) is 0 Å². The molecule has 0 aromatic heterocycles. The number of unbranched alkanes of at least 4 members (excludes halogenated alkanes) is 1. The van der Waals surface area contributed by atoms with Gasteiger partial charge in [0.15, 0.2) is 0 Å². The highest BCUT2D eigenvalue weighted by molar-refractivity contribution is 8.00. The maximum Gasteiger partial charge on any atom is 0.316 e. The van der Waals surface area contributed by atoms with Crippen LogP contribution in [0, 0.1) is 11.8 Å². The van der Waals surface area contributed by atoms with Crippen LogP contribution in [0.15, 0.2) is 89.8 Å². The van der Waals surface area contributed by atoms with Gasteiger partial charge in [-0.2, -0.15) is 0 Å². The van der Waals surface area contributed by atoms with E-state index in [-0.39, 0.29) is 18.4 Å². The standard InChI is InChI=1S/C32H34N2O5S/c1-2-3-22-39-26-17-19-27(20-18-26)40-28(32(37)38)16-10-11-21-33-29(35)23-34-31(36)30(24-12-6-4-7-13-24)25-14-8-5-9-15-25/h4-9,12-15,17-20,28,30H,10-11,16,21-23H2,1H3,(H,33,35)(H,34,36)(H,37,38). The van der Waals surface area contributed by atoms with Crippen molar-refractivity contribution in [2.45, 2.75) is 42.2 Å². The maximum absolute atomic E-state index is 13.0. The molecule has 7 nitrogen and oxygen atoms in total. The predicted octanol–water partition coefficient (Wildman–Crippen LogP) is 4.87. The van der Waals surface area contributed by atoms with Crippen LogP contribution >= 0.6 is 11.8 Å². The minimum Gasteiger partial charge on any atom is -0.481 e. The average Bonchev–Trinajstić information content (AvgIpc) is 2.97. The fourth-order valence-electron chi connectivity index (χ4n) is 4.00. The number of carboxylic acid groups (broad SMARTS) is 1. The molecule has 2 amide bonds. The molecule has 1 atom stereocenters. The van der Waals surface area contributed by atoms with E-state index in [9.17, 15) is 19.5 Å². The largest absolute Gasteiger partial charge is 0.481 e. The smallest absolute Gasteiger partial charge is 0.316 e. The molecule has 40 heavy (non-hydrogen) atoms. The zero-order valence-corrected chi connectivity index (χ0v) is 23.3. The Morgan fingerprint density at radius 2 is 1.50 bits per heavy atom. The highest BCUT2D eigenvalue weighted by Crippen LogP contribution is 2.28. The van der Waals surface area contributed by atoms with Crippen LogP contribution in [0.25, 0.3) is 0 Å². The van der Waals surface area contributed by atoms with Crippen molar-refractivity contribution in [3.8, 4) is 17.6 Å². The molecule has 208 valence electrons. The lowest BCUT2D eigenvalue weighted by Crippen LogP contribution is -2.39. The number of carbonyl (C=O) groups is 3. The van der Waals surface area contributed by atoms with Gasteiger partial charge in [-0.25, -0.2) is 0 Å². The first-order valence-electron chi connectivity index (χ1n) is 13.1. The van der Waals surface area contributed by atoms with Crippen molar-refractivity contribution < 1.29 is 24.2 Å². The monoisotopic (exact) mass is 558 g/mol. The molecule has 0 radical (unpaired) electrons. The van der Waals surface area contributed by atoms with E-state index in [0.29, 0.717) is 38.2 Å². The number of thioether (sulfide) groups is 1. The Morgan fingerprint density at radius 1 is 0.875 bits per heavy atom. The molecule has 1 unspecified atom stereocenters. The maximum atomic E-state index is 13.0. The second-order valence-electron chi connectivity index (χ2n) is 8.95. The average molecular weight is 559 g/mol. The van der Waals surface area contributed by atoms with Gasteiger partial charge >= 0.3 is 5.97 Å². The fraction of sp³-hybridized carbons (Fsp3) is 0.281. The zero-order chi connectivity index (χ0) is 28.6. The van der Waals surface area contributed by atoms with Gasteiger partial charge in [0.1, 0.15) is 17.6 Å². The quantitative estimate of drug-likeness (QED) is 0.140. The van der Waals surface area contributed by atoms with E-state index in [4.69, 9.17) is 4.74 Å². The molecule has 3 aromatic rings. The van der Waals surface area contributed by atoms with Crippen molar-refractivity contribution in [3.05, 3.63) is 96.1 Å². The van der Waals surface area contributed by atoms with Gasteiger partial charge in [0.2, 0.25) is 11.8 Å². The fourth-order valence-corrected chi connectivity index (χ4v) is 5.01. The molecule has 3 N–H and O–H groups in total. The summed E-state index contributed by atoms with van der Waals surface area (Å²) in [4.78, 5) is 38.0. The predicted molar refractivity (Wildman–Crippen MR) is 157 cm³/mol. The van der Waals surface area contributed by atoms with Gasteiger partial charge in [0.05, 0.1) is 12.5 Å². The molecular formula is C32H34N2O5S. The molecule has 0 bridgehead atoms. The summed E-state index contributed by atoms with van der Waals surface area (Å²) in [6.45, 7) is 2.33. The van der Waals surface area contributed by atoms with Crippen molar-refractivity contribution in [1.29, 1.82) is 0 Å². The number of hydrogen-bond acceptors (Lipinski definition) is 5. The number of hydrogen-bond donors (Lipinski definition) is 3. The van der Waals surface area contributed by atoms with Crippen LogP contribution in [-0.4, -0.2) is 47.8 Å². The number of nitrogens with one attached hydrogen (secondary N) is 2. The van der Waals surface area contributed by atoms with Gasteiger partial charge in [0.25, 0.3) is 0 Å². The molecule has 0 aliphatic heterocycles. The number of ether oxygens (including phenoxy) is 1. The lowest BCUT2D eigenvalue weighted by Gasteiger charge is -2.18. The SMILES string of the molecule is CC#CCOc1ccc(SC(CCCCNC(=O)CNC(=O)C(c2ccccc2)c2ccccc2)C(=O)O)cc1. The van der Waals surface area contributed by atoms with Gasteiger partial charge in [-0.15, -0.1) is 17.7 Å². The van der Waals surface area contributed by atoms with Gasteiger partial charge in [0, 0.05) is 11.4 Å². The van der Waals surface area contributed by atoms with Crippen LogP contribution in [0.3, 0.4) is 0 Å². The topological polar surface area (TPSA) is 105 Å². The van der Waals surface area contributed by atoms with E-state index in [0.717, 1.165) is 16.0 Å². The van der Waals surface area contributed by atoms with Gasteiger partial charge in [-0.3, -0.25) is 14.4 Å². The molecule has 0 fully saturated rings. The normalized spacial score (nSPS) is 11.2. The second kappa shape index (κ2) is 16.7. The summed E-state index contributed by atoms with van der Waals surface area (Å²) in [6, 6.07) is 26.2. The Morgan fingerprint density at radius 3 is 2.08 bits per heavy atom. The summed E-state index contributed by atoms with van der Waals surface area (Å²) in [5.41, 5.74) is 1.70. The number of carbonyl (C=O) groups excluding carboxylic acids is 2. The molecule has 0 spiro atoms. The van der Waals surface area contributed by atoms with Crippen LogP contribution in [0.1, 0.15) is 43.2 Å². The molecule has 0 saturated heterocycles. The third-order valence-electron chi connectivity index (χ3n) is 6.03. The van der Waals surface area contributed by atoms with Crippen molar-refractivity contribution >= 4 is 29.5 Å². The first-order chi connectivity index (χ1) is 19.5. The molecule has 0 heterocycles. The summed E-state index contributed by atoms with van der Waals surface area (Å²) in [6.07, 6.45) is 1.73. The van der Waals surface area contributed by atoms with E-state index in [2.05, 4.69) is 22.5 Å². The van der Waals surface area contributed by atoms with Crippen LogP contribution < -0.4 is 15.4 Å². The van der Waals surface area contributed by atoms with Gasteiger partial charge in [-0.05, 0) is 61.6 Å². The van der Waals surface area contributed by atoms with E-state index in [1.165, 1.54) is 11.8 Å². The lowest BCUT2D eigenvalue weighted by molar-refractivity contribution is -0.136. The Bertz CT molecular complexity index is 1250. The van der Waals surface area contributed by atoms with Gasteiger partial charge < -0.3 is 20.5 Å². The number of benzene rings is 3. The van der Waals surface area contributed by atoms with Crippen molar-refractivity contribution in [1.82, 2.24) is 10.6 Å². The Balaban J connectivity index is 1.39. The minimum absolute atomic E-state index is 0.132. The summed E-state index contributed by atoms with van der Waals surface area (Å²) < 4.78 is 5.49. The second-order valence-corrected chi connectivity index (χ2v) is 10.2. The van der Waals surface area contributed by atoms with Crippen LogP contribution in [0.5, 0.6) is 5.75 Å². The zero-order valence-electron chi connectivity index (χ0n) is 22.5. The highest BCUT2D eigenvalue weighted by Gasteiger charge is 2.23. The third kappa shape index (κ3) is 10.2. The highest BCUT2D eigenvalue weighted by atomic mass is 32.2. The summed E-state index contributed by atoms with van der Waals surface area (Å²) in [5.74, 6) is 4.35. The number of aliphatic carboxylic acids is 1. The summed E-state index contributed by atoms with van der Waals surface area (Å²) >= 11 is 1.29. The molecule has 0 aliphatic rings. The van der Waals surface area contributed by atoms with E-state index < -0.39 is 17.1 Å². The van der Waals surface area contributed by atoms with Crippen molar-refractivity contribution in [2.24, 2.45) is 0 Å². The van der Waals surface area contributed by atoms with Crippen LogP contribution in [0.2, 0.25) is 0 Å². The van der Waals surface area contributed by atoms with Gasteiger partial charge in [-0.1, -0.05) is 66.6 Å². The Kier molecular flexibility index (Phi) is 12.6. The third-order valence-corrected chi connectivity index (χ3v) is 7.30. The van der Waals surface area contributed by atoms with E-state index >= 15 is 0 Å². The first-order valence-corrected chi connectivity index (χ1v) is 14.0. The number of amides is 2. The van der Waals surface area contributed by atoms with Crippen LogP contribution in [-0.2, 0) is 14.4 Å². The molecule has 0 saturated carbocycles. The minimum atomic E-state index is -0.873. The number of rotatable bonds is 15. The lowest BCUT2D eigenvalue weighted by atomic mass is 9.90. The van der Waals surface area contributed by atoms with Crippen molar-refractivity contribution in [3.63, 3.8) is 0 Å². The summed E-state index contributed by atoms with van der Waals surface area (Å²) in [5, 5.41) is 14.6. The number of carboxylic acids is 1. The first kappa shape index (κ1) is 30.3. The molecular weight excluding hydrogens is 524 g/mol. The Hall–Kier alpha value is -4.22. The molecule has 3 aromatic carbocycles. The summed E-state index contributed by atoms with van der Waals surface area (Å²) in [7, 11) is 0. The van der Waals surface area contributed by atoms with Crippen molar-refractivity contribution in [2.75, 3.05) is 19.7 Å². The molecule has 8 heteroatoms.